The molecule has 0 aliphatic heterocycles. The van der Waals surface area contributed by atoms with Gasteiger partial charge in [-0.3, -0.25) is 0 Å². The second kappa shape index (κ2) is 6.64. The highest BCUT2D eigenvalue weighted by molar-refractivity contribution is 7.98. The summed E-state index contributed by atoms with van der Waals surface area (Å²) in [5.74, 6) is 0. The Balaban J connectivity index is 1.69. The maximum atomic E-state index is 3.51. The average Bonchev–Trinajstić information content (AvgIpc) is 3.12. The Morgan fingerprint density at radius 1 is 0.593 bits per heavy atom. The normalized spacial score (nSPS) is 11.3. The van der Waals surface area contributed by atoms with Crippen molar-refractivity contribution in [1.82, 2.24) is 4.98 Å². The molecule has 1 nitrogen and oxygen atoms in total. The van der Waals surface area contributed by atoms with Crippen molar-refractivity contribution >= 4 is 33.6 Å². The van der Waals surface area contributed by atoms with Crippen LogP contribution in [0.25, 0.3) is 44.1 Å². The Labute approximate surface area is 163 Å². The van der Waals surface area contributed by atoms with Crippen molar-refractivity contribution in [2.75, 3.05) is 6.26 Å². The lowest BCUT2D eigenvalue weighted by molar-refractivity contribution is 1.44. The number of fused-ring (bicyclic) bond motifs is 3. The SMILES string of the molecule is CSc1ccc(-c2ccc3[nH]c4ccccc4c3c2)cc1-c1ccccc1. The lowest BCUT2D eigenvalue weighted by Gasteiger charge is -2.11. The van der Waals surface area contributed by atoms with Gasteiger partial charge in [-0.05, 0) is 58.8 Å². The molecular weight excluding hydrogens is 346 g/mol. The van der Waals surface area contributed by atoms with Crippen molar-refractivity contribution in [2.45, 2.75) is 4.90 Å². The number of hydrogen-bond acceptors (Lipinski definition) is 1. The third-order valence-electron chi connectivity index (χ3n) is 5.12. The van der Waals surface area contributed by atoms with Gasteiger partial charge in [0.15, 0.2) is 0 Å². The van der Waals surface area contributed by atoms with Crippen molar-refractivity contribution in [1.29, 1.82) is 0 Å². The first-order valence-corrected chi connectivity index (χ1v) is 10.3. The lowest BCUT2D eigenvalue weighted by Crippen LogP contribution is -1.85. The minimum absolute atomic E-state index is 1.18. The summed E-state index contributed by atoms with van der Waals surface area (Å²) >= 11 is 1.79. The Morgan fingerprint density at radius 2 is 1.30 bits per heavy atom. The van der Waals surface area contributed by atoms with Crippen molar-refractivity contribution in [3.8, 4) is 22.3 Å². The van der Waals surface area contributed by atoms with E-state index in [-0.39, 0.29) is 0 Å². The first-order chi connectivity index (χ1) is 13.3. The number of para-hydroxylation sites is 1. The molecule has 0 saturated heterocycles. The fourth-order valence-corrected chi connectivity index (χ4v) is 4.36. The van der Waals surface area contributed by atoms with Gasteiger partial charge in [0, 0.05) is 26.7 Å². The van der Waals surface area contributed by atoms with E-state index < -0.39 is 0 Å². The Bertz CT molecular complexity index is 1250. The zero-order valence-electron chi connectivity index (χ0n) is 15.1. The van der Waals surface area contributed by atoms with Crippen LogP contribution in [0.1, 0.15) is 0 Å². The standard InChI is InChI=1S/C25H19NS/c1-27-25-14-12-19(15-21(25)17-7-3-2-4-8-17)18-11-13-24-22(16-18)20-9-5-6-10-23(20)26-24/h2-16,26H,1H3. The zero-order chi connectivity index (χ0) is 18.2. The van der Waals surface area contributed by atoms with Crippen LogP contribution in [0.4, 0.5) is 0 Å². The molecule has 0 fully saturated rings. The molecule has 0 radical (unpaired) electrons. The zero-order valence-corrected chi connectivity index (χ0v) is 15.9. The van der Waals surface area contributed by atoms with Gasteiger partial charge in [0.25, 0.3) is 0 Å². The smallest absolute Gasteiger partial charge is 0.0465 e. The van der Waals surface area contributed by atoms with E-state index in [1.165, 1.54) is 49.0 Å². The number of nitrogens with one attached hydrogen (secondary N) is 1. The average molecular weight is 366 g/mol. The van der Waals surface area contributed by atoms with Crippen molar-refractivity contribution in [3.05, 3.63) is 91.0 Å². The molecule has 5 aromatic rings. The van der Waals surface area contributed by atoms with Gasteiger partial charge in [-0.2, -0.15) is 0 Å². The van der Waals surface area contributed by atoms with Crippen LogP contribution >= 0.6 is 11.8 Å². The topological polar surface area (TPSA) is 15.8 Å². The number of hydrogen-bond donors (Lipinski definition) is 1. The molecule has 1 N–H and O–H groups in total. The number of H-pyrrole nitrogens is 1. The van der Waals surface area contributed by atoms with E-state index in [2.05, 4.69) is 102 Å². The number of aromatic nitrogens is 1. The molecule has 0 spiro atoms. The van der Waals surface area contributed by atoms with Gasteiger partial charge in [-0.15, -0.1) is 11.8 Å². The van der Waals surface area contributed by atoms with Crippen LogP contribution in [-0.4, -0.2) is 11.2 Å². The first kappa shape index (κ1) is 16.2. The molecule has 2 heteroatoms. The second-order valence-corrected chi connectivity index (χ2v) is 7.56. The van der Waals surface area contributed by atoms with E-state index in [1.807, 2.05) is 0 Å². The summed E-state index contributed by atoms with van der Waals surface area (Å²) in [6.45, 7) is 0. The highest BCUT2D eigenvalue weighted by Crippen LogP contribution is 2.36. The van der Waals surface area contributed by atoms with Gasteiger partial charge < -0.3 is 4.98 Å². The number of rotatable bonds is 3. The summed E-state index contributed by atoms with van der Waals surface area (Å²) in [6, 6.07) is 32.6. The third-order valence-corrected chi connectivity index (χ3v) is 5.92. The monoisotopic (exact) mass is 365 g/mol. The molecule has 5 rings (SSSR count). The summed E-state index contributed by atoms with van der Waals surface area (Å²) in [4.78, 5) is 4.81. The van der Waals surface area contributed by atoms with Gasteiger partial charge in [0.1, 0.15) is 0 Å². The van der Waals surface area contributed by atoms with E-state index in [1.54, 1.807) is 11.8 Å². The second-order valence-electron chi connectivity index (χ2n) is 6.71. The Morgan fingerprint density at radius 3 is 2.15 bits per heavy atom. The first-order valence-electron chi connectivity index (χ1n) is 9.08. The van der Waals surface area contributed by atoms with Gasteiger partial charge in [-0.1, -0.05) is 60.7 Å². The summed E-state index contributed by atoms with van der Waals surface area (Å²) < 4.78 is 0. The van der Waals surface area contributed by atoms with Gasteiger partial charge in [0.2, 0.25) is 0 Å². The van der Waals surface area contributed by atoms with E-state index in [9.17, 15) is 0 Å². The molecule has 4 aromatic carbocycles. The van der Waals surface area contributed by atoms with Gasteiger partial charge >= 0.3 is 0 Å². The molecular formula is C25H19NS. The summed E-state index contributed by atoms with van der Waals surface area (Å²) in [7, 11) is 0. The molecule has 0 unspecified atom stereocenters. The maximum Gasteiger partial charge on any atom is 0.0465 e. The number of benzene rings is 4. The van der Waals surface area contributed by atoms with Crippen LogP contribution in [0, 0.1) is 0 Å². The molecule has 130 valence electrons. The van der Waals surface area contributed by atoms with Crippen molar-refractivity contribution in [3.63, 3.8) is 0 Å². The van der Waals surface area contributed by atoms with E-state index in [4.69, 9.17) is 0 Å². The van der Waals surface area contributed by atoms with Crippen molar-refractivity contribution in [2.24, 2.45) is 0 Å². The third kappa shape index (κ3) is 2.83. The largest absolute Gasteiger partial charge is 0.355 e. The highest BCUT2D eigenvalue weighted by Gasteiger charge is 2.09. The summed E-state index contributed by atoms with van der Waals surface area (Å²) in [5.41, 5.74) is 7.42. The predicted octanol–water partition coefficient (Wildman–Crippen LogP) is 7.38. The lowest BCUT2D eigenvalue weighted by atomic mass is 9.98. The summed E-state index contributed by atoms with van der Waals surface area (Å²) in [6.07, 6.45) is 2.14. The molecule has 1 heterocycles. The van der Waals surface area contributed by atoms with Gasteiger partial charge in [-0.25, -0.2) is 0 Å². The van der Waals surface area contributed by atoms with Crippen molar-refractivity contribution < 1.29 is 0 Å². The number of aromatic amines is 1. The van der Waals surface area contributed by atoms with Crippen LogP contribution in [0.5, 0.6) is 0 Å². The molecule has 0 aliphatic rings. The van der Waals surface area contributed by atoms with Crippen LogP contribution in [0.2, 0.25) is 0 Å². The fourth-order valence-electron chi connectivity index (χ4n) is 3.76. The van der Waals surface area contributed by atoms with Crippen LogP contribution < -0.4 is 0 Å². The predicted molar refractivity (Wildman–Crippen MR) is 118 cm³/mol. The van der Waals surface area contributed by atoms with E-state index in [0.29, 0.717) is 0 Å². The maximum absolute atomic E-state index is 3.51. The molecule has 0 aliphatic carbocycles. The molecule has 1 aromatic heterocycles. The molecule has 0 amide bonds. The van der Waals surface area contributed by atoms with Crippen LogP contribution in [0.3, 0.4) is 0 Å². The molecule has 0 saturated carbocycles. The van der Waals surface area contributed by atoms with Crippen LogP contribution in [0.15, 0.2) is 95.9 Å². The molecule has 0 atom stereocenters. The van der Waals surface area contributed by atoms with E-state index >= 15 is 0 Å². The summed E-state index contributed by atoms with van der Waals surface area (Å²) in [5, 5.41) is 2.55. The fraction of sp³-hybridized carbons (Fsp3) is 0.0400. The molecule has 27 heavy (non-hydrogen) atoms. The van der Waals surface area contributed by atoms with E-state index in [0.717, 1.165) is 0 Å². The van der Waals surface area contributed by atoms with Crippen LogP contribution in [-0.2, 0) is 0 Å². The minimum atomic E-state index is 1.18. The molecule has 0 bridgehead atoms. The quantitative estimate of drug-likeness (QED) is 0.330. The Hall–Kier alpha value is -2.97. The Kier molecular flexibility index (Phi) is 3.99. The number of thioether (sulfide) groups is 1. The highest BCUT2D eigenvalue weighted by atomic mass is 32.2. The van der Waals surface area contributed by atoms with Gasteiger partial charge in [0.05, 0.1) is 0 Å². The minimum Gasteiger partial charge on any atom is -0.355 e.